The number of anilines is 1. The maximum atomic E-state index is 11.5. The molecule has 4 nitrogen and oxygen atoms in total. The van der Waals surface area contributed by atoms with Gasteiger partial charge in [-0.2, -0.15) is 0 Å². The van der Waals surface area contributed by atoms with E-state index in [9.17, 15) is 4.79 Å². The number of carbonyl (C=O) groups is 1. The van der Waals surface area contributed by atoms with Crippen LogP contribution in [0, 0.1) is 20.8 Å². The molecule has 0 saturated heterocycles. The Morgan fingerprint density at radius 3 is 2.19 bits per heavy atom. The number of hydrogen-bond donors (Lipinski definition) is 2. The van der Waals surface area contributed by atoms with Crippen molar-refractivity contribution in [3.05, 3.63) is 28.8 Å². The molecule has 0 bridgehead atoms. The fourth-order valence-electron chi connectivity index (χ4n) is 2.27. The van der Waals surface area contributed by atoms with Crippen molar-refractivity contribution in [1.29, 1.82) is 0 Å². The van der Waals surface area contributed by atoms with Gasteiger partial charge in [0.15, 0.2) is 0 Å². The van der Waals surface area contributed by atoms with Crippen LogP contribution in [0.15, 0.2) is 12.1 Å². The molecule has 1 aromatic carbocycles. The van der Waals surface area contributed by atoms with Crippen molar-refractivity contribution < 1.29 is 9.53 Å². The highest BCUT2D eigenvalue weighted by molar-refractivity contribution is 5.67. The van der Waals surface area contributed by atoms with E-state index in [1.807, 2.05) is 20.8 Å². The zero-order valence-corrected chi connectivity index (χ0v) is 14.1. The van der Waals surface area contributed by atoms with E-state index >= 15 is 0 Å². The second kappa shape index (κ2) is 7.34. The molecule has 21 heavy (non-hydrogen) atoms. The van der Waals surface area contributed by atoms with Crippen LogP contribution in [0.25, 0.3) is 0 Å². The monoisotopic (exact) mass is 292 g/mol. The molecule has 0 aromatic heterocycles. The van der Waals surface area contributed by atoms with E-state index in [0.717, 1.165) is 13.0 Å². The molecule has 0 radical (unpaired) electrons. The average Bonchev–Trinajstić information content (AvgIpc) is 2.29. The number of rotatable bonds is 5. The molecule has 1 aromatic rings. The molecule has 0 aliphatic carbocycles. The fourth-order valence-corrected chi connectivity index (χ4v) is 2.27. The number of carbonyl (C=O) groups excluding carboxylic acids is 1. The fraction of sp³-hybridized carbons (Fsp3) is 0.588. The Hall–Kier alpha value is -1.71. The van der Waals surface area contributed by atoms with Gasteiger partial charge in [-0.15, -0.1) is 0 Å². The van der Waals surface area contributed by atoms with Gasteiger partial charge in [0.2, 0.25) is 0 Å². The Morgan fingerprint density at radius 2 is 1.67 bits per heavy atom. The smallest absolute Gasteiger partial charge is 0.407 e. The van der Waals surface area contributed by atoms with Gasteiger partial charge in [-0.1, -0.05) is 17.7 Å². The van der Waals surface area contributed by atoms with Gasteiger partial charge < -0.3 is 15.4 Å². The zero-order valence-electron chi connectivity index (χ0n) is 14.1. The van der Waals surface area contributed by atoms with Crippen LogP contribution >= 0.6 is 0 Å². The molecule has 0 saturated carbocycles. The van der Waals surface area contributed by atoms with Crippen LogP contribution in [0.5, 0.6) is 0 Å². The summed E-state index contributed by atoms with van der Waals surface area (Å²) in [5.74, 6) is 0. The molecule has 2 N–H and O–H groups in total. The Morgan fingerprint density at radius 1 is 1.10 bits per heavy atom. The van der Waals surface area contributed by atoms with Crippen LogP contribution in [-0.2, 0) is 4.74 Å². The first kappa shape index (κ1) is 17.3. The molecule has 0 atom stereocenters. The number of ether oxygens (including phenoxy) is 1. The Balaban J connectivity index is 2.31. The summed E-state index contributed by atoms with van der Waals surface area (Å²) in [4.78, 5) is 11.5. The van der Waals surface area contributed by atoms with Gasteiger partial charge in [-0.25, -0.2) is 4.79 Å². The van der Waals surface area contributed by atoms with Crippen molar-refractivity contribution in [1.82, 2.24) is 5.32 Å². The van der Waals surface area contributed by atoms with Crippen molar-refractivity contribution in [2.75, 3.05) is 18.4 Å². The Labute approximate surface area is 128 Å². The van der Waals surface area contributed by atoms with E-state index in [0.29, 0.717) is 6.54 Å². The first-order chi connectivity index (χ1) is 9.69. The van der Waals surface area contributed by atoms with Gasteiger partial charge in [0.1, 0.15) is 5.60 Å². The Bertz CT molecular complexity index is 467. The minimum atomic E-state index is -0.446. The summed E-state index contributed by atoms with van der Waals surface area (Å²) in [5.41, 5.74) is 4.54. The van der Waals surface area contributed by atoms with Gasteiger partial charge in [-0.05, 0) is 59.1 Å². The van der Waals surface area contributed by atoms with Crippen molar-refractivity contribution in [3.8, 4) is 0 Å². The molecule has 1 amide bonds. The highest BCUT2D eigenvalue weighted by Gasteiger charge is 2.15. The molecule has 4 heteroatoms. The third-order valence-corrected chi connectivity index (χ3v) is 3.00. The van der Waals surface area contributed by atoms with Gasteiger partial charge in [-0.3, -0.25) is 0 Å². The minimum Gasteiger partial charge on any atom is -0.444 e. The lowest BCUT2D eigenvalue weighted by Gasteiger charge is -2.19. The van der Waals surface area contributed by atoms with Crippen molar-refractivity contribution >= 4 is 11.8 Å². The maximum Gasteiger partial charge on any atom is 0.407 e. The topological polar surface area (TPSA) is 50.4 Å². The predicted octanol–water partition coefficient (Wildman–Crippen LogP) is 3.94. The number of aryl methyl sites for hydroxylation is 3. The summed E-state index contributed by atoms with van der Waals surface area (Å²) in [6, 6.07) is 4.35. The molecular weight excluding hydrogens is 264 g/mol. The predicted molar refractivity (Wildman–Crippen MR) is 88.0 cm³/mol. The molecule has 0 aliphatic heterocycles. The molecule has 0 fully saturated rings. The molecule has 0 aliphatic rings. The second-order valence-corrected chi connectivity index (χ2v) is 6.48. The number of amides is 1. The summed E-state index contributed by atoms with van der Waals surface area (Å²) in [7, 11) is 0. The third-order valence-electron chi connectivity index (χ3n) is 3.00. The largest absolute Gasteiger partial charge is 0.444 e. The molecule has 0 unspecified atom stereocenters. The molecule has 0 heterocycles. The van der Waals surface area contributed by atoms with E-state index < -0.39 is 5.60 Å². The van der Waals surface area contributed by atoms with Crippen LogP contribution in [0.3, 0.4) is 0 Å². The quantitative estimate of drug-likeness (QED) is 0.808. The van der Waals surface area contributed by atoms with Gasteiger partial charge in [0.25, 0.3) is 0 Å². The summed E-state index contributed by atoms with van der Waals surface area (Å²) in [6.45, 7) is 13.3. The van der Waals surface area contributed by atoms with Gasteiger partial charge in [0.05, 0.1) is 0 Å². The van der Waals surface area contributed by atoms with Gasteiger partial charge >= 0.3 is 6.09 Å². The number of alkyl carbamates (subject to hydrolysis) is 1. The van der Waals surface area contributed by atoms with E-state index in [1.54, 1.807) is 0 Å². The van der Waals surface area contributed by atoms with Crippen molar-refractivity contribution in [2.45, 2.75) is 53.6 Å². The zero-order chi connectivity index (χ0) is 16.0. The average molecular weight is 292 g/mol. The summed E-state index contributed by atoms with van der Waals surface area (Å²) in [5, 5.41) is 6.20. The molecule has 0 spiro atoms. The number of benzene rings is 1. The molecule has 118 valence electrons. The highest BCUT2D eigenvalue weighted by Crippen LogP contribution is 2.21. The summed E-state index contributed by atoms with van der Waals surface area (Å²) >= 11 is 0. The van der Waals surface area contributed by atoms with Gasteiger partial charge in [0, 0.05) is 18.8 Å². The maximum absolute atomic E-state index is 11.5. The number of hydrogen-bond acceptors (Lipinski definition) is 3. The van der Waals surface area contributed by atoms with Crippen molar-refractivity contribution in [2.24, 2.45) is 0 Å². The molecular formula is C17H28N2O2. The highest BCUT2D eigenvalue weighted by atomic mass is 16.6. The number of nitrogens with one attached hydrogen (secondary N) is 2. The van der Waals surface area contributed by atoms with E-state index in [-0.39, 0.29) is 6.09 Å². The minimum absolute atomic E-state index is 0.356. The lowest BCUT2D eigenvalue weighted by molar-refractivity contribution is 0.0528. The van der Waals surface area contributed by atoms with Crippen LogP contribution in [0.1, 0.15) is 43.9 Å². The first-order valence-electron chi connectivity index (χ1n) is 7.47. The van der Waals surface area contributed by atoms with Crippen LogP contribution in [0.2, 0.25) is 0 Å². The lowest BCUT2D eigenvalue weighted by atomic mass is 10.1. The van der Waals surface area contributed by atoms with Crippen LogP contribution in [-0.4, -0.2) is 24.8 Å². The SMILES string of the molecule is Cc1cc(C)c(NCCCNC(=O)OC(C)(C)C)c(C)c1. The summed E-state index contributed by atoms with van der Waals surface area (Å²) < 4.78 is 5.18. The summed E-state index contributed by atoms with van der Waals surface area (Å²) in [6.07, 6.45) is 0.497. The third kappa shape index (κ3) is 6.52. The van der Waals surface area contributed by atoms with Crippen LogP contribution < -0.4 is 10.6 Å². The van der Waals surface area contributed by atoms with E-state index in [4.69, 9.17) is 4.74 Å². The Kier molecular flexibility index (Phi) is 6.06. The lowest BCUT2D eigenvalue weighted by Crippen LogP contribution is -2.33. The molecule has 1 rings (SSSR count). The normalized spacial score (nSPS) is 11.1. The first-order valence-corrected chi connectivity index (χ1v) is 7.47. The van der Waals surface area contributed by atoms with E-state index in [1.165, 1.54) is 22.4 Å². The van der Waals surface area contributed by atoms with E-state index in [2.05, 4.69) is 43.5 Å². The van der Waals surface area contributed by atoms with Crippen LogP contribution in [0.4, 0.5) is 10.5 Å². The van der Waals surface area contributed by atoms with Crippen molar-refractivity contribution in [3.63, 3.8) is 0 Å². The second-order valence-electron chi connectivity index (χ2n) is 6.48. The standard InChI is InChI=1S/C17H28N2O2/c1-12-10-13(2)15(14(3)11-12)18-8-7-9-19-16(20)21-17(4,5)6/h10-11,18H,7-9H2,1-6H3,(H,19,20).